The smallest absolute Gasteiger partial charge is 0.227 e. The number of carbonyl (C=O) groups excluding carboxylic acids is 2. The van der Waals surface area contributed by atoms with Gasteiger partial charge in [-0.3, -0.25) is 9.59 Å². The molecule has 0 aromatic heterocycles. The minimum Gasteiger partial charge on any atom is -0.355 e. The van der Waals surface area contributed by atoms with Crippen molar-refractivity contribution in [2.45, 2.75) is 19.3 Å². The largest absolute Gasteiger partial charge is 0.355 e. The van der Waals surface area contributed by atoms with E-state index in [0.717, 1.165) is 10.2 Å². The van der Waals surface area contributed by atoms with Gasteiger partial charge in [0, 0.05) is 29.7 Å². The number of amides is 2. The summed E-state index contributed by atoms with van der Waals surface area (Å²) in [4.78, 5) is 26.4. The van der Waals surface area contributed by atoms with Crippen LogP contribution in [0.4, 0.5) is 5.69 Å². The van der Waals surface area contributed by atoms with Crippen LogP contribution in [-0.2, 0) is 9.59 Å². The van der Waals surface area contributed by atoms with Crippen LogP contribution in [0.3, 0.4) is 0 Å². The average molecular weight is 401 g/mol. The van der Waals surface area contributed by atoms with Gasteiger partial charge in [-0.05, 0) is 35.7 Å². The van der Waals surface area contributed by atoms with Gasteiger partial charge in [-0.1, -0.05) is 53.2 Å². The minimum absolute atomic E-state index is 0.00131. The Morgan fingerprint density at radius 3 is 2.56 bits per heavy atom. The predicted molar refractivity (Wildman–Crippen MR) is 102 cm³/mol. The lowest BCUT2D eigenvalue weighted by atomic mass is 10.0. The first-order valence-electron chi connectivity index (χ1n) is 8.43. The molecule has 4 nitrogen and oxygen atoms in total. The first kappa shape index (κ1) is 17.7. The highest BCUT2D eigenvalue weighted by atomic mass is 79.9. The third-order valence-corrected chi connectivity index (χ3v) is 5.11. The summed E-state index contributed by atoms with van der Waals surface area (Å²) in [5.74, 6) is -0.0988. The lowest BCUT2D eigenvalue weighted by Crippen LogP contribution is -2.35. The summed E-state index contributed by atoms with van der Waals surface area (Å²) in [7, 11) is 0. The van der Waals surface area contributed by atoms with Gasteiger partial charge in [-0.25, -0.2) is 0 Å². The van der Waals surface area contributed by atoms with E-state index >= 15 is 0 Å². The van der Waals surface area contributed by atoms with Gasteiger partial charge in [-0.2, -0.15) is 0 Å². The second kappa shape index (κ2) is 7.83. The lowest BCUT2D eigenvalue weighted by Gasteiger charge is -2.18. The second-order valence-electron chi connectivity index (χ2n) is 6.44. The Bertz CT molecular complexity index is 746. The van der Waals surface area contributed by atoms with E-state index in [9.17, 15) is 9.59 Å². The number of hydrogen-bond donors (Lipinski definition) is 1. The van der Waals surface area contributed by atoms with Gasteiger partial charge < -0.3 is 10.2 Å². The van der Waals surface area contributed by atoms with Crippen molar-refractivity contribution in [2.75, 3.05) is 18.0 Å². The molecule has 3 rings (SSSR count). The fourth-order valence-corrected chi connectivity index (χ4v) is 3.32. The van der Waals surface area contributed by atoms with Gasteiger partial charge in [0.15, 0.2) is 0 Å². The van der Waals surface area contributed by atoms with Crippen molar-refractivity contribution in [3.05, 3.63) is 64.6 Å². The van der Waals surface area contributed by atoms with Gasteiger partial charge in [0.2, 0.25) is 11.8 Å². The molecule has 1 heterocycles. The number of benzene rings is 2. The summed E-state index contributed by atoms with van der Waals surface area (Å²) in [5, 5.41) is 3.00. The van der Waals surface area contributed by atoms with E-state index in [-0.39, 0.29) is 30.1 Å². The molecule has 1 N–H and O–H groups in total. The molecule has 0 spiro atoms. The van der Waals surface area contributed by atoms with Crippen molar-refractivity contribution < 1.29 is 9.59 Å². The van der Waals surface area contributed by atoms with Gasteiger partial charge in [-0.15, -0.1) is 0 Å². The van der Waals surface area contributed by atoms with Crippen LogP contribution in [0.5, 0.6) is 0 Å². The van der Waals surface area contributed by atoms with Crippen LogP contribution in [0.1, 0.15) is 24.8 Å². The fourth-order valence-electron chi connectivity index (χ4n) is 3.05. The van der Waals surface area contributed by atoms with Crippen LogP contribution < -0.4 is 10.2 Å². The number of anilines is 1. The molecule has 0 unspecified atom stereocenters. The summed E-state index contributed by atoms with van der Waals surface area (Å²) in [6, 6.07) is 17.7. The molecule has 1 aliphatic rings. The Balaban J connectivity index is 1.56. The SMILES string of the molecule is C[C@H](CNC(=O)[C@@H]1CC(=O)N(c2ccc(Br)cc2)C1)c1ccccc1. The number of nitrogens with zero attached hydrogens (tertiary/aromatic N) is 1. The molecule has 5 heteroatoms. The summed E-state index contributed by atoms with van der Waals surface area (Å²) >= 11 is 3.39. The van der Waals surface area contributed by atoms with Crippen LogP contribution in [0.25, 0.3) is 0 Å². The van der Waals surface area contributed by atoms with E-state index in [1.165, 1.54) is 5.56 Å². The maximum absolute atomic E-state index is 12.5. The van der Waals surface area contributed by atoms with Gasteiger partial charge in [0.25, 0.3) is 0 Å². The molecule has 2 amide bonds. The van der Waals surface area contributed by atoms with Crippen molar-refractivity contribution in [1.82, 2.24) is 5.32 Å². The zero-order valence-corrected chi connectivity index (χ0v) is 15.7. The summed E-state index contributed by atoms with van der Waals surface area (Å²) < 4.78 is 0.965. The molecule has 130 valence electrons. The third-order valence-electron chi connectivity index (χ3n) is 4.59. The molecule has 2 aromatic carbocycles. The number of hydrogen-bond acceptors (Lipinski definition) is 2. The highest BCUT2D eigenvalue weighted by Gasteiger charge is 2.35. The summed E-state index contributed by atoms with van der Waals surface area (Å²) in [5.41, 5.74) is 2.03. The molecule has 1 fully saturated rings. The molecule has 25 heavy (non-hydrogen) atoms. The molecule has 0 bridgehead atoms. The first-order valence-corrected chi connectivity index (χ1v) is 9.22. The second-order valence-corrected chi connectivity index (χ2v) is 7.35. The Kier molecular flexibility index (Phi) is 5.53. The van der Waals surface area contributed by atoms with Crippen LogP contribution >= 0.6 is 15.9 Å². The van der Waals surface area contributed by atoms with E-state index in [2.05, 4.69) is 40.3 Å². The fraction of sp³-hybridized carbons (Fsp3) is 0.300. The maximum Gasteiger partial charge on any atom is 0.227 e. The summed E-state index contributed by atoms with van der Waals surface area (Å²) in [6.45, 7) is 3.10. The predicted octanol–water partition coefficient (Wildman–Crippen LogP) is 3.72. The number of nitrogens with one attached hydrogen (secondary N) is 1. The number of carbonyl (C=O) groups is 2. The van der Waals surface area contributed by atoms with Crippen molar-refractivity contribution >= 4 is 33.4 Å². The van der Waals surface area contributed by atoms with Crippen LogP contribution in [0.15, 0.2) is 59.1 Å². The maximum atomic E-state index is 12.5. The monoisotopic (exact) mass is 400 g/mol. The zero-order chi connectivity index (χ0) is 17.8. The third kappa shape index (κ3) is 4.28. The topological polar surface area (TPSA) is 49.4 Å². The number of rotatable bonds is 5. The lowest BCUT2D eigenvalue weighted by molar-refractivity contribution is -0.126. The highest BCUT2D eigenvalue weighted by Crippen LogP contribution is 2.26. The Morgan fingerprint density at radius 2 is 1.88 bits per heavy atom. The molecule has 2 atom stereocenters. The normalized spacial score (nSPS) is 18.2. The minimum atomic E-state index is -0.292. The Labute approximate surface area is 156 Å². The molecule has 0 aliphatic carbocycles. The zero-order valence-electron chi connectivity index (χ0n) is 14.1. The van der Waals surface area contributed by atoms with Gasteiger partial charge in [0.1, 0.15) is 0 Å². The van der Waals surface area contributed by atoms with E-state index in [1.54, 1.807) is 4.90 Å². The van der Waals surface area contributed by atoms with Crippen molar-refractivity contribution in [1.29, 1.82) is 0 Å². The molecular weight excluding hydrogens is 380 g/mol. The van der Waals surface area contributed by atoms with E-state index < -0.39 is 0 Å². The van der Waals surface area contributed by atoms with Crippen LogP contribution in [0.2, 0.25) is 0 Å². The standard InChI is InChI=1S/C20H21BrN2O2/c1-14(15-5-3-2-4-6-15)12-22-20(25)16-11-19(24)23(13-16)18-9-7-17(21)8-10-18/h2-10,14,16H,11-13H2,1H3,(H,22,25)/t14-,16-/m1/s1. The molecule has 0 saturated carbocycles. The van der Waals surface area contributed by atoms with E-state index in [0.29, 0.717) is 13.1 Å². The quantitative estimate of drug-likeness (QED) is 0.830. The van der Waals surface area contributed by atoms with Gasteiger partial charge in [0.05, 0.1) is 5.92 Å². The molecule has 1 aliphatic heterocycles. The van der Waals surface area contributed by atoms with Crippen LogP contribution in [0, 0.1) is 5.92 Å². The summed E-state index contributed by atoms with van der Waals surface area (Å²) in [6.07, 6.45) is 0.265. The van der Waals surface area contributed by atoms with Gasteiger partial charge >= 0.3 is 0 Å². The van der Waals surface area contributed by atoms with E-state index in [4.69, 9.17) is 0 Å². The van der Waals surface area contributed by atoms with Crippen molar-refractivity contribution in [3.8, 4) is 0 Å². The molecular formula is C20H21BrN2O2. The molecule has 1 saturated heterocycles. The average Bonchev–Trinajstić information content (AvgIpc) is 3.02. The molecule has 2 aromatic rings. The Morgan fingerprint density at radius 1 is 1.20 bits per heavy atom. The highest BCUT2D eigenvalue weighted by molar-refractivity contribution is 9.10. The first-order chi connectivity index (χ1) is 12.0. The van der Waals surface area contributed by atoms with Crippen molar-refractivity contribution in [2.24, 2.45) is 5.92 Å². The van der Waals surface area contributed by atoms with E-state index in [1.807, 2.05) is 42.5 Å². The van der Waals surface area contributed by atoms with Crippen LogP contribution in [-0.4, -0.2) is 24.9 Å². The number of halogens is 1. The van der Waals surface area contributed by atoms with Crippen molar-refractivity contribution in [3.63, 3.8) is 0 Å². The molecule has 0 radical (unpaired) electrons. The Hall–Kier alpha value is -2.14.